The van der Waals surface area contributed by atoms with Gasteiger partial charge in [0, 0.05) is 6.04 Å². The summed E-state index contributed by atoms with van der Waals surface area (Å²) in [6.07, 6.45) is 0.0135. The van der Waals surface area contributed by atoms with Crippen LogP contribution in [0.3, 0.4) is 0 Å². The molecule has 0 spiro atoms. The molecular weight excluding hydrogens is 449 g/mol. The van der Waals surface area contributed by atoms with Crippen LogP contribution in [0.1, 0.15) is 48.8 Å². The standard InChI is InChI=1S/C21H20ClF3N4OS/c1-10(13-8-11-4-5-12(13)7-11)26-20(30)18-17(22)19-27-14(15-3-2-6-31-15)9-16(21(23,24)25)29(19)28-18/h2-3,6,9-13H,4-5,7-8H2,1H3,(H,26,30)/t10-,11+,12+,13-/m1/s1. The molecule has 4 atom stereocenters. The summed E-state index contributed by atoms with van der Waals surface area (Å²) in [4.78, 5) is 17.8. The van der Waals surface area contributed by atoms with Gasteiger partial charge in [-0.2, -0.15) is 18.3 Å². The molecule has 3 aromatic rings. The van der Waals surface area contributed by atoms with Gasteiger partial charge in [-0.05, 0) is 61.5 Å². The van der Waals surface area contributed by atoms with Crippen LogP contribution in [-0.4, -0.2) is 26.5 Å². The van der Waals surface area contributed by atoms with Gasteiger partial charge < -0.3 is 5.32 Å². The van der Waals surface area contributed by atoms with E-state index in [-0.39, 0.29) is 28.1 Å². The Morgan fingerprint density at radius 3 is 2.77 bits per heavy atom. The molecule has 164 valence electrons. The van der Waals surface area contributed by atoms with E-state index in [1.54, 1.807) is 17.5 Å². The Kier molecular flexibility index (Phi) is 5.01. The molecule has 3 heterocycles. The number of nitrogens with zero attached hydrogens (tertiary/aromatic N) is 3. The summed E-state index contributed by atoms with van der Waals surface area (Å²) in [5.41, 5.74) is -1.31. The Bertz CT molecular complexity index is 1140. The first kappa shape index (κ1) is 20.8. The van der Waals surface area contributed by atoms with E-state index in [2.05, 4.69) is 15.4 Å². The molecule has 31 heavy (non-hydrogen) atoms. The summed E-state index contributed by atoms with van der Waals surface area (Å²) in [6, 6.07) is 4.24. The Morgan fingerprint density at radius 2 is 2.16 bits per heavy atom. The number of thiophene rings is 1. The van der Waals surface area contributed by atoms with Crippen molar-refractivity contribution in [2.75, 3.05) is 0 Å². The summed E-state index contributed by atoms with van der Waals surface area (Å²) in [6.45, 7) is 1.95. The quantitative estimate of drug-likeness (QED) is 0.535. The fourth-order valence-corrected chi connectivity index (χ4v) is 6.11. The van der Waals surface area contributed by atoms with Crippen LogP contribution in [0, 0.1) is 17.8 Å². The number of hydrogen-bond donors (Lipinski definition) is 1. The maximum atomic E-state index is 13.8. The largest absolute Gasteiger partial charge is 0.433 e. The van der Waals surface area contributed by atoms with Gasteiger partial charge in [0.2, 0.25) is 0 Å². The van der Waals surface area contributed by atoms with Gasteiger partial charge >= 0.3 is 6.18 Å². The number of rotatable bonds is 4. The van der Waals surface area contributed by atoms with Gasteiger partial charge in [0.15, 0.2) is 17.0 Å². The van der Waals surface area contributed by atoms with Crippen molar-refractivity contribution >= 4 is 34.5 Å². The van der Waals surface area contributed by atoms with Crippen molar-refractivity contribution in [3.8, 4) is 10.6 Å². The first-order chi connectivity index (χ1) is 14.7. The molecule has 2 fully saturated rings. The van der Waals surface area contributed by atoms with Crippen molar-refractivity contribution in [1.82, 2.24) is 19.9 Å². The zero-order valence-corrected chi connectivity index (χ0v) is 18.2. The molecule has 0 saturated heterocycles. The molecule has 10 heteroatoms. The molecule has 5 nitrogen and oxygen atoms in total. The Hall–Kier alpha value is -2.13. The van der Waals surface area contributed by atoms with Crippen LogP contribution in [0.5, 0.6) is 0 Å². The molecule has 0 aromatic carbocycles. The van der Waals surface area contributed by atoms with Crippen LogP contribution < -0.4 is 5.32 Å². The minimum Gasteiger partial charge on any atom is -0.348 e. The van der Waals surface area contributed by atoms with E-state index in [4.69, 9.17) is 11.6 Å². The van der Waals surface area contributed by atoms with Gasteiger partial charge in [0.1, 0.15) is 5.02 Å². The lowest BCUT2D eigenvalue weighted by atomic mass is 9.84. The number of amides is 1. The molecule has 2 bridgehead atoms. The highest BCUT2D eigenvalue weighted by Gasteiger charge is 2.42. The number of nitrogens with one attached hydrogen (secondary N) is 1. The Labute approximate surface area is 185 Å². The van der Waals surface area contributed by atoms with E-state index in [9.17, 15) is 18.0 Å². The van der Waals surface area contributed by atoms with Crippen molar-refractivity contribution in [3.05, 3.63) is 40.0 Å². The lowest BCUT2D eigenvalue weighted by Crippen LogP contribution is -2.40. The number of fused-ring (bicyclic) bond motifs is 3. The smallest absolute Gasteiger partial charge is 0.348 e. The Balaban J connectivity index is 1.50. The third-order valence-corrected chi connectivity index (χ3v) is 7.85. The summed E-state index contributed by atoms with van der Waals surface area (Å²) < 4.78 is 41.9. The first-order valence-corrected chi connectivity index (χ1v) is 11.5. The second-order valence-electron chi connectivity index (χ2n) is 8.50. The van der Waals surface area contributed by atoms with Crippen LogP contribution in [0.4, 0.5) is 13.2 Å². The fraction of sp³-hybridized carbons (Fsp3) is 0.476. The highest BCUT2D eigenvalue weighted by atomic mass is 35.5. The van der Waals surface area contributed by atoms with Gasteiger partial charge in [0.25, 0.3) is 5.91 Å². The summed E-state index contributed by atoms with van der Waals surface area (Å²) in [7, 11) is 0. The molecular formula is C21H20ClF3N4OS. The number of carbonyl (C=O) groups excluding carboxylic acids is 1. The highest BCUT2D eigenvalue weighted by molar-refractivity contribution is 7.13. The minimum absolute atomic E-state index is 0.0968. The zero-order valence-electron chi connectivity index (χ0n) is 16.6. The molecule has 0 aliphatic heterocycles. The van der Waals surface area contributed by atoms with Crippen LogP contribution >= 0.6 is 22.9 Å². The number of halogens is 4. The van der Waals surface area contributed by atoms with Crippen molar-refractivity contribution in [2.45, 2.75) is 44.8 Å². The maximum absolute atomic E-state index is 13.8. The molecule has 5 rings (SSSR count). The van der Waals surface area contributed by atoms with E-state index in [1.807, 2.05) is 6.92 Å². The van der Waals surface area contributed by atoms with Crippen molar-refractivity contribution < 1.29 is 18.0 Å². The molecule has 0 unspecified atom stereocenters. The first-order valence-electron chi connectivity index (χ1n) is 10.2. The van der Waals surface area contributed by atoms with E-state index >= 15 is 0 Å². The minimum atomic E-state index is -4.69. The van der Waals surface area contributed by atoms with Gasteiger partial charge in [0.05, 0.1) is 10.6 Å². The van der Waals surface area contributed by atoms with E-state index < -0.39 is 17.8 Å². The normalized spacial score (nSPS) is 24.1. The SMILES string of the molecule is C[C@@H](NC(=O)c1nn2c(C(F)(F)F)cc(-c3cccs3)nc2c1Cl)[C@H]1C[C@H]2CC[C@H]1C2. The third-order valence-electron chi connectivity index (χ3n) is 6.61. The van der Waals surface area contributed by atoms with E-state index in [1.165, 1.54) is 30.6 Å². The van der Waals surface area contributed by atoms with Gasteiger partial charge in [-0.1, -0.05) is 24.1 Å². The molecule has 1 N–H and O–H groups in total. The van der Waals surface area contributed by atoms with Crippen LogP contribution in [0.15, 0.2) is 23.6 Å². The van der Waals surface area contributed by atoms with Gasteiger partial charge in [-0.3, -0.25) is 4.79 Å². The predicted octanol–water partition coefficient (Wildman–Crippen LogP) is 5.68. The second kappa shape index (κ2) is 7.48. The fourth-order valence-electron chi connectivity index (χ4n) is 5.18. The lowest BCUT2D eigenvalue weighted by Gasteiger charge is -2.28. The average molecular weight is 469 g/mol. The highest BCUT2D eigenvalue weighted by Crippen LogP contribution is 2.49. The summed E-state index contributed by atoms with van der Waals surface area (Å²) in [5.74, 6) is 1.13. The topological polar surface area (TPSA) is 59.3 Å². The molecule has 2 aliphatic carbocycles. The molecule has 2 aliphatic rings. The van der Waals surface area contributed by atoms with Crippen LogP contribution in [0.2, 0.25) is 5.02 Å². The monoisotopic (exact) mass is 468 g/mol. The van der Waals surface area contributed by atoms with E-state index in [0.717, 1.165) is 18.4 Å². The summed E-state index contributed by atoms with van der Waals surface area (Å²) in [5, 5.41) is 8.41. The second-order valence-corrected chi connectivity index (χ2v) is 9.83. The van der Waals surface area contributed by atoms with Crippen LogP contribution in [-0.2, 0) is 6.18 Å². The molecule has 1 amide bonds. The maximum Gasteiger partial charge on any atom is 0.433 e. The van der Waals surface area contributed by atoms with Gasteiger partial charge in [-0.25, -0.2) is 9.50 Å². The van der Waals surface area contributed by atoms with Crippen molar-refractivity contribution in [1.29, 1.82) is 0 Å². The zero-order chi connectivity index (χ0) is 21.9. The number of carbonyl (C=O) groups is 1. The van der Waals surface area contributed by atoms with Gasteiger partial charge in [-0.15, -0.1) is 11.3 Å². The number of aromatic nitrogens is 3. The number of hydrogen-bond acceptors (Lipinski definition) is 4. The average Bonchev–Trinajstić information content (AvgIpc) is 3.51. The summed E-state index contributed by atoms with van der Waals surface area (Å²) >= 11 is 7.61. The lowest BCUT2D eigenvalue weighted by molar-refractivity contribution is -0.142. The molecule has 3 aromatic heterocycles. The van der Waals surface area contributed by atoms with Crippen molar-refractivity contribution in [2.24, 2.45) is 17.8 Å². The number of alkyl halides is 3. The molecule has 0 radical (unpaired) electrons. The van der Waals surface area contributed by atoms with Crippen LogP contribution in [0.25, 0.3) is 16.2 Å². The Morgan fingerprint density at radius 1 is 1.35 bits per heavy atom. The van der Waals surface area contributed by atoms with E-state index in [0.29, 0.717) is 21.2 Å². The predicted molar refractivity (Wildman–Crippen MR) is 112 cm³/mol. The molecule has 2 saturated carbocycles. The van der Waals surface area contributed by atoms with Crippen molar-refractivity contribution in [3.63, 3.8) is 0 Å². The third kappa shape index (κ3) is 3.61.